The van der Waals surface area contributed by atoms with Crippen LogP contribution in [0.25, 0.3) is 0 Å². The van der Waals surface area contributed by atoms with Gasteiger partial charge in [0.2, 0.25) is 5.91 Å². The van der Waals surface area contributed by atoms with Crippen molar-refractivity contribution in [3.8, 4) is 5.75 Å². The second-order valence-corrected chi connectivity index (χ2v) is 7.50. The molecule has 0 spiro atoms. The van der Waals surface area contributed by atoms with Crippen molar-refractivity contribution >= 4 is 17.2 Å². The van der Waals surface area contributed by atoms with Crippen LogP contribution in [0.2, 0.25) is 0 Å². The Balaban J connectivity index is 1.87. The largest absolute Gasteiger partial charge is 0.497 e. The molecular weight excluding hydrogens is 332 g/mol. The van der Waals surface area contributed by atoms with E-state index in [9.17, 15) is 4.79 Å². The molecule has 25 heavy (non-hydrogen) atoms. The number of amides is 1. The summed E-state index contributed by atoms with van der Waals surface area (Å²) >= 11 is 1.79. The molecule has 4 nitrogen and oxygen atoms in total. The predicted octanol–water partition coefficient (Wildman–Crippen LogP) is 3.62. The van der Waals surface area contributed by atoms with Crippen LogP contribution in [0.5, 0.6) is 5.75 Å². The van der Waals surface area contributed by atoms with Crippen LogP contribution in [0.15, 0.2) is 35.7 Å². The van der Waals surface area contributed by atoms with Gasteiger partial charge in [-0.3, -0.25) is 4.79 Å². The molecule has 0 fully saturated rings. The molecule has 0 aliphatic carbocycles. The van der Waals surface area contributed by atoms with Gasteiger partial charge < -0.3 is 15.0 Å². The maximum absolute atomic E-state index is 12.9. The number of hydrogen-bond acceptors (Lipinski definition) is 4. The number of thiophene rings is 1. The Hall–Kier alpha value is -1.85. The third-order valence-electron chi connectivity index (χ3n) is 4.93. The molecule has 2 aromatic rings. The molecule has 0 saturated heterocycles. The Kier molecular flexibility index (Phi) is 5.76. The third kappa shape index (κ3) is 3.88. The van der Waals surface area contributed by atoms with Gasteiger partial charge in [0.1, 0.15) is 5.75 Å². The van der Waals surface area contributed by atoms with Gasteiger partial charge in [-0.05, 0) is 54.5 Å². The first kappa shape index (κ1) is 18.0. The van der Waals surface area contributed by atoms with E-state index in [2.05, 4.69) is 42.7 Å². The summed E-state index contributed by atoms with van der Waals surface area (Å²) in [6.45, 7) is 5.40. The van der Waals surface area contributed by atoms with Crippen molar-refractivity contribution in [1.82, 2.24) is 10.2 Å². The zero-order valence-electron chi connectivity index (χ0n) is 15.1. The molecule has 1 aliphatic rings. The quantitative estimate of drug-likeness (QED) is 0.857. The lowest BCUT2D eigenvalue weighted by Gasteiger charge is -2.36. The number of nitrogens with one attached hydrogen (secondary N) is 1. The van der Waals surface area contributed by atoms with Crippen molar-refractivity contribution in [3.63, 3.8) is 0 Å². The van der Waals surface area contributed by atoms with Gasteiger partial charge in [0.05, 0.1) is 19.7 Å². The van der Waals surface area contributed by atoms with E-state index in [4.69, 9.17) is 4.74 Å². The van der Waals surface area contributed by atoms with Crippen LogP contribution in [-0.2, 0) is 11.2 Å². The van der Waals surface area contributed by atoms with Crippen molar-refractivity contribution in [2.45, 2.75) is 38.8 Å². The zero-order valence-corrected chi connectivity index (χ0v) is 15.9. The molecule has 2 atom stereocenters. The molecule has 0 saturated carbocycles. The van der Waals surface area contributed by atoms with Gasteiger partial charge in [-0.1, -0.05) is 19.1 Å². The Labute approximate surface area is 153 Å². The van der Waals surface area contributed by atoms with Crippen molar-refractivity contribution < 1.29 is 9.53 Å². The van der Waals surface area contributed by atoms with Crippen molar-refractivity contribution in [2.75, 3.05) is 20.2 Å². The first-order valence-electron chi connectivity index (χ1n) is 8.87. The van der Waals surface area contributed by atoms with Gasteiger partial charge in [0, 0.05) is 17.5 Å². The normalized spacial score (nSPS) is 17.9. The van der Waals surface area contributed by atoms with Crippen LogP contribution < -0.4 is 10.1 Å². The van der Waals surface area contributed by atoms with Crippen LogP contribution in [0.3, 0.4) is 0 Å². The highest BCUT2D eigenvalue weighted by Gasteiger charge is 2.32. The van der Waals surface area contributed by atoms with Crippen LogP contribution in [0.1, 0.15) is 42.3 Å². The smallest absolute Gasteiger partial charge is 0.237 e. The second kappa shape index (κ2) is 8.02. The summed E-state index contributed by atoms with van der Waals surface area (Å²) in [6.07, 6.45) is 1.96. The van der Waals surface area contributed by atoms with E-state index in [0.717, 1.165) is 30.7 Å². The Morgan fingerprint density at radius 3 is 2.80 bits per heavy atom. The molecule has 0 bridgehead atoms. The Bertz CT molecular complexity index is 711. The number of ether oxygens (including phenoxy) is 1. The van der Waals surface area contributed by atoms with Gasteiger partial charge in [0.15, 0.2) is 0 Å². The van der Waals surface area contributed by atoms with E-state index in [1.807, 2.05) is 17.0 Å². The van der Waals surface area contributed by atoms with Crippen LogP contribution in [-0.4, -0.2) is 37.0 Å². The predicted molar refractivity (Wildman–Crippen MR) is 102 cm³/mol. The summed E-state index contributed by atoms with van der Waals surface area (Å²) in [4.78, 5) is 16.3. The lowest BCUT2D eigenvalue weighted by Crippen LogP contribution is -2.45. The van der Waals surface area contributed by atoms with E-state index >= 15 is 0 Å². The standard InChI is InChI=1S/C20H26N2O2S/c1-4-14(2)21-13-19(23)22-11-9-18-17(10-12-25-18)20(22)15-5-7-16(24-3)8-6-15/h5-8,10,12,14,20-21H,4,9,11,13H2,1-3H3/t14-,20-/m0/s1. The summed E-state index contributed by atoms with van der Waals surface area (Å²) in [5.74, 6) is 0.999. The maximum atomic E-state index is 12.9. The average molecular weight is 359 g/mol. The van der Waals surface area contributed by atoms with E-state index in [1.54, 1.807) is 18.4 Å². The molecule has 1 aromatic heterocycles. The lowest BCUT2D eigenvalue weighted by molar-refractivity contribution is -0.132. The number of carbonyl (C=O) groups excluding carboxylic acids is 1. The first-order valence-corrected chi connectivity index (χ1v) is 9.75. The second-order valence-electron chi connectivity index (χ2n) is 6.50. The molecule has 5 heteroatoms. The molecule has 1 aliphatic heterocycles. The van der Waals surface area contributed by atoms with Gasteiger partial charge in [-0.15, -0.1) is 11.3 Å². The van der Waals surface area contributed by atoms with E-state index < -0.39 is 0 Å². The van der Waals surface area contributed by atoms with Crippen LogP contribution in [0.4, 0.5) is 0 Å². The average Bonchev–Trinajstić information content (AvgIpc) is 3.13. The topological polar surface area (TPSA) is 41.6 Å². The lowest BCUT2D eigenvalue weighted by atomic mass is 9.93. The minimum Gasteiger partial charge on any atom is -0.497 e. The van der Waals surface area contributed by atoms with Gasteiger partial charge >= 0.3 is 0 Å². The fraction of sp³-hybridized carbons (Fsp3) is 0.450. The molecule has 3 rings (SSSR count). The number of fused-ring (bicyclic) bond motifs is 1. The molecule has 2 heterocycles. The summed E-state index contributed by atoms with van der Waals surface area (Å²) < 4.78 is 5.27. The highest BCUT2D eigenvalue weighted by Crippen LogP contribution is 2.38. The molecule has 1 N–H and O–H groups in total. The summed E-state index contributed by atoms with van der Waals surface area (Å²) in [5, 5.41) is 5.46. The SMILES string of the molecule is CC[C@H](C)NCC(=O)N1CCc2sccc2[C@@H]1c1ccc(OC)cc1. The number of hydrogen-bond donors (Lipinski definition) is 1. The summed E-state index contributed by atoms with van der Waals surface area (Å²) in [6, 6.07) is 10.6. The van der Waals surface area contributed by atoms with Gasteiger partial charge in [-0.2, -0.15) is 0 Å². The molecular formula is C20H26N2O2S. The fourth-order valence-electron chi connectivity index (χ4n) is 3.24. The Morgan fingerprint density at radius 2 is 2.12 bits per heavy atom. The minimum absolute atomic E-state index is 0.00728. The Morgan fingerprint density at radius 1 is 1.36 bits per heavy atom. The molecule has 0 radical (unpaired) electrons. The first-order chi connectivity index (χ1) is 12.1. The fourth-order valence-corrected chi connectivity index (χ4v) is 4.14. The zero-order chi connectivity index (χ0) is 17.8. The van der Waals surface area contributed by atoms with Crippen molar-refractivity contribution in [3.05, 3.63) is 51.7 Å². The summed E-state index contributed by atoms with van der Waals surface area (Å²) in [7, 11) is 1.67. The van der Waals surface area contributed by atoms with Gasteiger partial charge in [-0.25, -0.2) is 0 Å². The van der Waals surface area contributed by atoms with E-state index in [-0.39, 0.29) is 11.9 Å². The molecule has 0 unspecified atom stereocenters. The summed E-state index contributed by atoms with van der Waals surface area (Å²) in [5.41, 5.74) is 2.40. The highest BCUT2D eigenvalue weighted by atomic mass is 32.1. The number of carbonyl (C=O) groups is 1. The van der Waals surface area contributed by atoms with E-state index in [1.165, 1.54) is 10.4 Å². The minimum atomic E-state index is -0.00728. The molecule has 134 valence electrons. The van der Waals surface area contributed by atoms with Gasteiger partial charge in [0.25, 0.3) is 0 Å². The van der Waals surface area contributed by atoms with Crippen molar-refractivity contribution in [2.24, 2.45) is 0 Å². The molecule has 1 amide bonds. The van der Waals surface area contributed by atoms with Crippen LogP contribution in [0, 0.1) is 0 Å². The van der Waals surface area contributed by atoms with Crippen molar-refractivity contribution in [1.29, 1.82) is 0 Å². The van der Waals surface area contributed by atoms with E-state index in [0.29, 0.717) is 12.6 Å². The third-order valence-corrected chi connectivity index (χ3v) is 5.93. The number of rotatable bonds is 6. The highest BCUT2D eigenvalue weighted by molar-refractivity contribution is 7.10. The molecule has 1 aromatic carbocycles. The number of methoxy groups -OCH3 is 1. The maximum Gasteiger partial charge on any atom is 0.237 e. The van der Waals surface area contributed by atoms with Crippen LogP contribution >= 0.6 is 11.3 Å². The number of nitrogens with zero attached hydrogens (tertiary/aromatic N) is 1. The number of benzene rings is 1. The monoisotopic (exact) mass is 358 g/mol.